The summed E-state index contributed by atoms with van der Waals surface area (Å²) in [6, 6.07) is -1.84. The number of carboxylic acids is 1. The van der Waals surface area contributed by atoms with Crippen molar-refractivity contribution in [1.29, 1.82) is 0 Å². The van der Waals surface area contributed by atoms with Gasteiger partial charge in [0.1, 0.15) is 18.6 Å². The number of hydrogen-bond donors (Lipinski definition) is 6. The van der Waals surface area contributed by atoms with Crippen LogP contribution in [-0.2, 0) is 18.7 Å². The lowest BCUT2D eigenvalue weighted by Gasteiger charge is -2.28. The van der Waals surface area contributed by atoms with Gasteiger partial charge in [0.2, 0.25) is 5.91 Å². The molecule has 1 atom stereocenters. The zero-order valence-corrected chi connectivity index (χ0v) is 11.3. The van der Waals surface area contributed by atoms with E-state index >= 15 is 0 Å². The van der Waals surface area contributed by atoms with Gasteiger partial charge in [-0.3, -0.25) is 23.6 Å². The van der Waals surface area contributed by atoms with Crippen LogP contribution in [0.25, 0.3) is 0 Å². The second-order valence-electron chi connectivity index (χ2n) is 3.73. The van der Waals surface area contributed by atoms with E-state index in [1.54, 1.807) is 0 Å². The average Bonchev–Trinajstić information content (AvgIpc) is 2.07. The highest BCUT2D eigenvalue weighted by Crippen LogP contribution is 2.41. The van der Waals surface area contributed by atoms with Crippen molar-refractivity contribution in [2.75, 3.05) is 12.6 Å². The number of aliphatic carboxylic acids is 1. The number of carbonyl (C=O) groups excluding carboxylic acids is 1. The monoisotopic (exact) mass is 320 g/mol. The average molecular weight is 320 g/mol. The van der Waals surface area contributed by atoms with Crippen molar-refractivity contribution in [1.82, 2.24) is 4.90 Å². The molecule has 0 aromatic carbocycles. The van der Waals surface area contributed by atoms with Crippen molar-refractivity contribution >= 4 is 27.1 Å². The van der Waals surface area contributed by atoms with Gasteiger partial charge in [-0.1, -0.05) is 0 Å². The first-order valence-electron chi connectivity index (χ1n) is 4.66. The smallest absolute Gasteiger partial charge is 0.339 e. The number of amides is 1. The third-order valence-corrected chi connectivity index (χ3v) is 3.32. The Morgan fingerprint density at radius 2 is 1.42 bits per heavy atom. The van der Waals surface area contributed by atoms with Crippen LogP contribution in [-0.4, -0.2) is 60.1 Å². The van der Waals surface area contributed by atoms with Gasteiger partial charge in [0.05, 0.1) is 6.42 Å². The molecule has 0 aliphatic heterocycles. The molecule has 0 spiro atoms. The highest BCUT2D eigenvalue weighted by atomic mass is 31.2. The summed E-state index contributed by atoms with van der Waals surface area (Å²) in [6.45, 7) is 0. The van der Waals surface area contributed by atoms with Gasteiger partial charge in [0.15, 0.2) is 0 Å². The Hall–Kier alpha value is -0.800. The van der Waals surface area contributed by atoms with E-state index in [0.717, 1.165) is 0 Å². The molecule has 0 aromatic heterocycles. The van der Waals surface area contributed by atoms with Crippen molar-refractivity contribution in [2.45, 2.75) is 12.5 Å². The number of carboxylic acid groups (broad SMARTS) is 1. The molecule has 0 fully saturated rings. The van der Waals surface area contributed by atoms with E-state index in [4.69, 9.17) is 30.4 Å². The van der Waals surface area contributed by atoms with Gasteiger partial charge in [0.25, 0.3) is 0 Å². The van der Waals surface area contributed by atoms with Crippen LogP contribution < -0.4 is 5.73 Å². The van der Waals surface area contributed by atoms with Crippen LogP contribution in [0.2, 0.25) is 0 Å². The molecule has 0 aliphatic carbocycles. The minimum absolute atomic E-state index is 0.328. The molecule has 0 bridgehead atoms. The highest BCUT2D eigenvalue weighted by Gasteiger charge is 2.35. The minimum atomic E-state index is -4.78. The van der Waals surface area contributed by atoms with E-state index in [1.165, 1.54) is 0 Å². The third-order valence-electron chi connectivity index (χ3n) is 1.85. The zero-order valence-electron chi connectivity index (χ0n) is 9.49. The second kappa shape index (κ2) is 6.58. The molecule has 0 rings (SSSR count). The molecule has 112 valence electrons. The predicted molar refractivity (Wildman–Crippen MR) is 60.9 cm³/mol. The van der Waals surface area contributed by atoms with Gasteiger partial charge in [-0.15, -0.1) is 0 Å². The first kappa shape index (κ1) is 18.2. The van der Waals surface area contributed by atoms with E-state index in [9.17, 15) is 18.7 Å². The van der Waals surface area contributed by atoms with Gasteiger partial charge in [0, 0.05) is 0 Å². The Bertz CT molecular complexity index is 416. The summed E-state index contributed by atoms with van der Waals surface area (Å²) in [7, 11) is -9.56. The summed E-state index contributed by atoms with van der Waals surface area (Å²) in [6.07, 6.45) is -3.28. The van der Waals surface area contributed by atoms with E-state index in [0.29, 0.717) is 4.90 Å². The third kappa shape index (κ3) is 8.84. The maximum Gasteiger partial charge on any atom is 0.339 e. The summed E-state index contributed by atoms with van der Waals surface area (Å²) < 4.78 is 21.7. The predicted octanol–water partition coefficient (Wildman–Crippen LogP) is -2.11. The van der Waals surface area contributed by atoms with Gasteiger partial charge in [-0.25, -0.2) is 0 Å². The lowest BCUT2D eigenvalue weighted by molar-refractivity contribution is -0.144. The Morgan fingerprint density at radius 1 is 1.05 bits per heavy atom. The van der Waals surface area contributed by atoms with Crippen LogP contribution in [0.4, 0.5) is 0 Å². The fourth-order valence-corrected chi connectivity index (χ4v) is 2.98. The summed E-state index contributed by atoms with van der Waals surface area (Å²) >= 11 is 0. The van der Waals surface area contributed by atoms with Crippen molar-refractivity contribution in [3.05, 3.63) is 0 Å². The van der Waals surface area contributed by atoms with Crippen molar-refractivity contribution in [2.24, 2.45) is 5.73 Å². The molecule has 11 nitrogen and oxygen atoms in total. The molecule has 0 heterocycles. The molecule has 7 N–H and O–H groups in total. The maximum atomic E-state index is 10.9. The number of carbonyl (C=O) groups is 2. The van der Waals surface area contributed by atoms with E-state index in [1.807, 2.05) is 0 Å². The van der Waals surface area contributed by atoms with Gasteiger partial charge >= 0.3 is 21.2 Å². The lowest BCUT2D eigenvalue weighted by atomic mass is 10.2. The molecule has 0 aliphatic rings. The fourth-order valence-electron chi connectivity index (χ4n) is 1.28. The number of rotatable bonds is 8. The summed E-state index contributed by atoms with van der Waals surface area (Å²) in [5.41, 5.74) is 4.78. The van der Waals surface area contributed by atoms with Gasteiger partial charge in [-0.05, 0) is 0 Å². The van der Waals surface area contributed by atoms with Crippen molar-refractivity contribution in [3.63, 3.8) is 0 Å². The SMILES string of the molecule is NC(=O)CC(C(=O)O)N(CP(=O)(O)O)CP(=O)(O)O. The molecule has 1 amide bonds. The fraction of sp³-hybridized carbons (Fsp3) is 0.667. The molecule has 0 saturated carbocycles. The quantitative estimate of drug-likeness (QED) is 0.269. The number of hydrogen-bond acceptors (Lipinski definition) is 5. The van der Waals surface area contributed by atoms with Crippen LogP contribution in [0.15, 0.2) is 0 Å². The Kier molecular flexibility index (Phi) is 6.30. The van der Waals surface area contributed by atoms with E-state index < -0.39 is 52.1 Å². The first-order valence-corrected chi connectivity index (χ1v) is 8.25. The molecule has 19 heavy (non-hydrogen) atoms. The Labute approximate surface area is 107 Å². The zero-order chi connectivity index (χ0) is 15.4. The normalized spacial score (nSPS) is 14.4. The molecular weight excluding hydrogens is 306 g/mol. The van der Waals surface area contributed by atoms with Crippen molar-refractivity contribution in [3.8, 4) is 0 Å². The minimum Gasteiger partial charge on any atom is -0.480 e. The molecule has 0 radical (unpaired) electrons. The molecule has 1 unspecified atom stereocenters. The highest BCUT2D eigenvalue weighted by molar-refractivity contribution is 7.52. The maximum absolute atomic E-state index is 10.9. The number of nitrogens with zero attached hydrogens (tertiary/aromatic N) is 1. The lowest BCUT2D eigenvalue weighted by Crippen LogP contribution is -2.44. The molecule has 0 saturated heterocycles. The van der Waals surface area contributed by atoms with Gasteiger partial charge < -0.3 is 30.4 Å². The number of nitrogens with two attached hydrogens (primary N) is 1. The molecule has 13 heteroatoms. The van der Waals surface area contributed by atoms with Crippen LogP contribution >= 0.6 is 15.2 Å². The molecule has 0 aromatic rings. The summed E-state index contributed by atoms with van der Waals surface area (Å²) in [5, 5.41) is 8.83. The van der Waals surface area contributed by atoms with Crippen LogP contribution in [0.3, 0.4) is 0 Å². The van der Waals surface area contributed by atoms with Crippen LogP contribution in [0.1, 0.15) is 6.42 Å². The van der Waals surface area contributed by atoms with E-state index in [2.05, 4.69) is 0 Å². The molecular formula is C6H14N2O9P2. The first-order chi connectivity index (χ1) is 8.32. The summed E-state index contributed by atoms with van der Waals surface area (Å²) in [4.78, 5) is 56.9. The Morgan fingerprint density at radius 3 is 1.63 bits per heavy atom. The Balaban J connectivity index is 5.27. The van der Waals surface area contributed by atoms with Crippen LogP contribution in [0, 0.1) is 0 Å². The summed E-state index contributed by atoms with van der Waals surface area (Å²) in [5.74, 6) is -2.77. The largest absolute Gasteiger partial charge is 0.480 e. The number of primary amides is 1. The van der Waals surface area contributed by atoms with Crippen molar-refractivity contribution < 1.29 is 43.4 Å². The van der Waals surface area contributed by atoms with Gasteiger partial charge in [-0.2, -0.15) is 0 Å². The second-order valence-corrected chi connectivity index (χ2v) is 6.95. The van der Waals surface area contributed by atoms with E-state index in [-0.39, 0.29) is 0 Å². The topological polar surface area (TPSA) is 199 Å². The standard InChI is InChI=1S/C6H14N2O9P2/c7-5(9)1-4(6(10)11)8(2-18(12,13)14)3-19(15,16)17/h4H,1-3H2,(H2,7,9)(H,10,11)(H2,12,13,14)(H2,15,16,17). The van der Waals surface area contributed by atoms with Crippen LogP contribution in [0.5, 0.6) is 0 Å².